The second-order valence-electron chi connectivity index (χ2n) is 7.86. The molecule has 3 aromatic rings. The molecule has 0 saturated heterocycles. The number of carbonyl (C=O) groups excluding carboxylic acids is 1. The third kappa shape index (κ3) is 4.06. The summed E-state index contributed by atoms with van der Waals surface area (Å²) in [7, 11) is 0. The molecule has 1 amide bonds. The van der Waals surface area contributed by atoms with Gasteiger partial charge in [0.1, 0.15) is 5.52 Å². The van der Waals surface area contributed by atoms with Crippen LogP contribution in [0.25, 0.3) is 22.2 Å². The Kier molecular flexibility index (Phi) is 5.30. The van der Waals surface area contributed by atoms with Gasteiger partial charge in [0.05, 0.1) is 5.56 Å². The van der Waals surface area contributed by atoms with E-state index in [-0.39, 0.29) is 18.2 Å². The Morgan fingerprint density at radius 2 is 1.90 bits per heavy atom. The van der Waals surface area contributed by atoms with E-state index in [1.807, 2.05) is 19.1 Å². The number of fused-ring (bicyclic) bond motifs is 1. The standard InChI is InChI=1S/C23H23F3N2O2/c1-2-20-28-18-11-9-16(14-5-7-15(8-6-14)23(24,25)26)21(22(18)30-20)17(13-3-4-13)10-12-19(27)29/h5-9,11,13,17H,2-4,10,12H2,1H3,(H2,27,29). The quantitative estimate of drug-likeness (QED) is 0.526. The van der Waals surface area contributed by atoms with Crippen LogP contribution in [0.3, 0.4) is 0 Å². The van der Waals surface area contributed by atoms with Crippen molar-refractivity contribution >= 4 is 17.0 Å². The second kappa shape index (κ2) is 7.78. The molecule has 2 N–H and O–H groups in total. The van der Waals surface area contributed by atoms with Crippen LogP contribution in [0.4, 0.5) is 13.2 Å². The lowest BCUT2D eigenvalue weighted by Crippen LogP contribution is -2.13. The summed E-state index contributed by atoms with van der Waals surface area (Å²) in [5, 5.41) is 0. The van der Waals surface area contributed by atoms with Gasteiger partial charge in [0.15, 0.2) is 11.5 Å². The fourth-order valence-corrected chi connectivity index (χ4v) is 4.08. The van der Waals surface area contributed by atoms with Crippen molar-refractivity contribution in [2.75, 3.05) is 0 Å². The van der Waals surface area contributed by atoms with Crippen molar-refractivity contribution in [3.63, 3.8) is 0 Å². The summed E-state index contributed by atoms with van der Waals surface area (Å²) >= 11 is 0. The molecule has 4 rings (SSSR count). The maximum absolute atomic E-state index is 13.0. The molecule has 1 aliphatic carbocycles. The number of amides is 1. The van der Waals surface area contributed by atoms with Gasteiger partial charge in [0, 0.05) is 18.4 Å². The normalized spacial score (nSPS) is 15.5. The monoisotopic (exact) mass is 416 g/mol. The molecule has 2 aromatic carbocycles. The van der Waals surface area contributed by atoms with E-state index in [2.05, 4.69) is 4.98 Å². The van der Waals surface area contributed by atoms with E-state index >= 15 is 0 Å². The fourth-order valence-electron chi connectivity index (χ4n) is 4.08. The number of aryl methyl sites for hydroxylation is 1. The minimum absolute atomic E-state index is 0.0381. The maximum atomic E-state index is 13.0. The highest BCUT2D eigenvalue weighted by Crippen LogP contribution is 2.50. The van der Waals surface area contributed by atoms with Crippen molar-refractivity contribution in [3.8, 4) is 11.1 Å². The third-order valence-electron chi connectivity index (χ3n) is 5.73. The van der Waals surface area contributed by atoms with Gasteiger partial charge >= 0.3 is 6.18 Å². The predicted molar refractivity (Wildman–Crippen MR) is 108 cm³/mol. The molecule has 7 heteroatoms. The maximum Gasteiger partial charge on any atom is 0.416 e. The summed E-state index contributed by atoms with van der Waals surface area (Å²) < 4.78 is 45.1. The van der Waals surface area contributed by atoms with Crippen LogP contribution in [0.1, 0.15) is 55.5 Å². The van der Waals surface area contributed by atoms with E-state index < -0.39 is 11.7 Å². The number of nitrogens with zero attached hydrogens (tertiary/aromatic N) is 1. The van der Waals surface area contributed by atoms with Gasteiger partial charge in [0.25, 0.3) is 0 Å². The zero-order chi connectivity index (χ0) is 21.5. The van der Waals surface area contributed by atoms with Crippen molar-refractivity contribution in [1.29, 1.82) is 0 Å². The highest BCUT2D eigenvalue weighted by Gasteiger charge is 2.36. The molecule has 30 heavy (non-hydrogen) atoms. The Balaban J connectivity index is 1.86. The number of benzene rings is 2. The molecule has 1 heterocycles. The van der Waals surface area contributed by atoms with Crippen LogP contribution < -0.4 is 5.73 Å². The van der Waals surface area contributed by atoms with Crippen molar-refractivity contribution in [3.05, 3.63) is 53.4 Å². The van der Waals surface area contributed by atoms with Crippen LogP contribution in [0, 0.1) is 5.92 Å². The summed E-state index contributed by atoms with van der Waals surface area (Å²) in [5.74, 6) is 0.686. The average molecular weight is 416 g/mol. The lowest BCUT2D eigenvalue weighted by molar-refractivity contribution is -0.137. The third-order valence-corrected chi connectivity index (χ3v) is 5.73. The Labute approximate surface area is 172 Å². The Hall–Kier alpha value is -2.83. The summed E-state index contributed by atoms with van der Waals surface area (Å²) in [6.45, 7) is 1.95. The van der Waals surface area contributed by atoms with Crippen molar-refractivity contribution in [2.24, 2.45) is 11.7 Å². The van der Waals surface area contributed by atoms with E-state index in [4.69, 9.17) is 10.2 Å². The van der Waals surface area contributed by atoms with Crippen LogP contribution in [0.15, 0.2) is 40.8 Å². The van der Waals surface area contributed by atoms with Crippen LogP contribution >= 0.6 is 0 Å². The van der Waals surface area contributed by atoms with Gasteiger partial charge in [-0.25, -0.2) is 4.98 Å². The molecule has 1 saturated carbocycles. The molecule has 4 nitrogen and oxygen atoms in total. The highest BCUT2D eigenvalue weighted by atomic mass is 19.4. The van der Waals surface area contributed by atoms with Gasteiger partial charge in [-0.3, -0.25) is 4.79 Å². The average Bonchev–Trinajstić information content (AvgIpc) is 3.45. The van der Waals surface area contributed by atoms with E-state index in [1.165, 1.54) is 12.1 Å². The second-order valence-corrected chi connectivity index (χ2v) is 7.86. The minimum Gasteiger partial charge on any atom is -0.440 e. The van der Waals surface area contributed by atoms with E-state index in [0.717, 1.165) is 41.6 Å². The zero-order valence-corrected chi connectivity index (χ0v) is 16.6. The number of hydrogen-bond acceptors (Lipinski definition) is 3. The number of halogens is 3. The summed E-state index contributed by atoms with van der Waals surface area (Å²) in [6, 6.07) is 8.90. The first-order valence-corrected chi connectivity index (χ1v) is 10.2. The van der Waals surface area contributed by atoms with Crippen LogP contribution in [0.2, 0.25) is 0 Å². The molecule has 1 fully saturated rings. The van der Waals surface area contributed by atoms with Gasteiger partial charge in [-0.15, -0.1) is 0 Å². The van der Waals surface area contributed by atoms with E-state index in [9.17, 15) is 18.0 Å². The number of oxazole rings is 1. The Morgan fingerprint density at radius 1 is 1.20 bits per heavy atom. The molecule has 0 aliphatic heterocycles. The molecule has 0 bridgehead atoms. The van der Waals surface area contributed by atoms with Crippen molar-refractivity contribution in [1.82, 2.24) is 4.98 Å². The summed E-state index contributed by atoms with van der Waals surface area (Å²) in [6.07, 6.45) is -0.834. The first-order valence-electron chi connectivity index (χ1n) is 10.2. The topological polar surface area (TPSA) is 69.1 Å². The molecule has 0 spiro atoms. The van der Waals surface area contributed by atoms with E-state index in [1.54, 1.807) is 0 Å². The molecule has 158 valence electrons. The SMILES string of the molecule is CCc1nc2ccc(-c3ccc(C(F)(F)F)cc3)c(C(CCC(N)=O)C3CC3)c2o1. The minimum atomic E-state index is -4.38. The van der Waals surface area contributed by atoms with Crippen LogP contribution in [-0.4, -0.2) is 10.9 Å². The number of nitrogens with two attached hydrogens (primary N) is 1. The Bertz CT molecular complexity index is 1070. The van der Waals surface area contributed by atoms with Crippen LogP contribution in [0.5, 0.6) is 0 Å². The molecule has 0 radical (unpaired) electrons. The fraction of sp³-hybridized carbons (Fsp3) is 0.391. The lowest BCUT2D eigenvalue weighted by atomic mass is 9.83. The first-order chi connectivity index (χ1) is 14.3. The predicted octanol–water partition coefficient (Wildman–Crippen LogP) is 5.84. The molecule has 1 unspecified atom stereocenters. The first kappa shape index (κ1) is 20.4. The van der Waals surface area contributed by atoms with E-state index in [0.29, 0.717) is 35.8 Å². The number of alkyl halides is 3. The van der Waals surface area contributed by atoms with Gasteiger partial charge in [0.2, 0.25) is 5.91 Å². The number of hydrogen-bond donors (Lipinski definition) is 1. The van der Waals surface area contributed by atoms with Gasteiger partial charge in [-0.1, -0.05) is 25.1 Å². The Morgan fingerprint density at radius 3 is 2.47 bits per heavy atom. The van der Waals surface area contributed by atoms with Gasteiger partial charge in [-0.2, -0.15) is 13.2 Å². The van der Waals surface area contributed by atoms with Crippen molar-refractivity contribution in [2.45, 2.75) is 51.1 Å². The number of carbonyl (C=O) groups is 1. The zero-order valence-electron chi connectivity index (χ0n) is 16.6. The summed E-state index contributed by atoms with van der Waals surface area (Å²) in [4.78, 5) is 16.0. The molecule has 1 aromatic heterocycles. The summed E-state index contributed by atoms with van der Waals surface area (Å²) in [5.41, 5.74) is 8.51. The number of aromatic nitrogens is 1. The van der Waals surface area contributed by atoms with Gasteiger partial charge in [-0.05, 0) is 60.4 Å². The molecule has 1 aliphatic rings. The molecular formula is C23H23F3N2O2. The number of primary amides is 1. The molecular weight excluding hydrogens is 393 g/mol. The largest absolute Gasteiger partial charge is 0.440 e. The highest BCUT2D eigenvalue weighted by molar-refractivity contribution is 5.86. The van der Waals surface area contributed by atoms with Crippen LogP contribution in [-0.2, 0) is 17.4 Å². The molecule has 1 atom stereocenters. The van der Waals surface area contributed by atoms with Gasteiger partial charge < -0.3 is 10.2 Å². The van der Waals surface area contributed by atoms with Crippen molar-refractivity contribution < 1.29 is 22.4 Å². The lowest BCUT2D eigenvalue weighted by Gasteiger charge is -2.20. The number of rotatable bonds is 7. The smallest absolute Gasteiger partial charge is 0.416 e.